The fourth-order valence-electron chi connectivity index (χ4n) is 3.81. The molecule has 4 aromatic carbocycles. The number of rotatable bonds is 8. The maximum absolute atomic E-state index is 12.7. The van der Waals surface area contributed by atoms with Crippen LogP contribution in [0, 0.1) is 6.92 Å². The second-order valence-electron chi connectivity index (χ2n) is 8.90. The molecule has 1 amide bonds. The first-order valence-electron chi connectivity index (χ1n) is 12.2. The van der Waals surface area contributed by atoms with E-state index in [4.69, 9.17) is 16.3 Å². The maximum Gasteiger partial charge on any atom is 0.355 e. The van der Waals surface area contributed by atoms with Gasteiger partial charge in [-0.05, 0) is 67.1 Å². The summed E-state index contributed by atoms with van der Waals surface area (Å²) in [5.74, 6) is -0.762. The Labute approximate surface area is 245 Å². The number of fused-ring (bicyclic) bond motifs is 1. The lowest BCUT2D eigenvalue weighted by molar-refractivity contribution is 0.0739. The third-order valence-electron chi connectivity index (χ3n) is 5.90. The SMILES string of the molecule is Cc1ccc(S(=O)(=O)Nc2ccc(C(=O)N/N=C/c3cccc(OC(=O)c4sc5ccccc5c4Cl)c3)cc2)cc1. The van der Waals surface area contributed by atoms with Gasteiger partial charge in [0.1, 0.15) is 10.6 Å². The van der Waals surface area contributed by atoms with E-state index < -0.39 is 21.9 Å². The number of halogens is 1. The Morgan fingerprint density at radius 1 is 0.927 bits per heavy atom. The van der Waals surface area contributed by atoms with Crippen LogP contribution in [0.3, 0.4) is 0 Å². The number of hydrogen-bond acceptors (Lipinski definition) is 7. The molecule has 0 fully saturated rings. The molecule has 0 spiro atoms. The predicted octanol–water partition coefficient (Wildman–Crippen LogP) is 6.65. The highest BCUT2D eigenvalue weighted by molar-refractivity contribution is 7.92. The van der Waals surface area contributed by atoms with Crippen molar-refractivity contribution in [3.05, 3.63) is 124 Å². The largest absolute Gasteiger partial charge is 0.422 e. The van der Waals surface area contributed by atoms with E-state index in [0.29, 0.717) is 26.9 Å². The van der Waals surface area contributed by atoms with Gasteiger partial charge in [0, 0.05) is 21.3 Å². The van der Waals surface area contributed by atoms with Crippen LogP contribution in [-0.4, -0.2) is 26.5 Å². The average molecular weight is 604 g/mol. The van der Waals surface area contributed by atoms with E-state index in [-0.39, 0.29) is 10.5 Å². The number of sulfonamides is 1. The topological polar surface area (TPSA) is 114 Å². The lowest BCUT2D eigenvalue weighted by atomic mass is 10.2. The van der Waals surface area contributed by atoms with Gasteiger partial charge in [0.05, 0.1) is 16.1 Å². The first-order valence-corrected chi connectivity index (χ1v) is 14.9. The molecule has 0 aliphatic rings. The summed E-state index contributed by atoms with van der Waals surface area (Å²) >= 11 is 7.64. The van der Waals surface area contributed by atoms with Crippen LogP contribution in [0.1, 0.15) is 31.2 Å². The average Bonchev–Trinajstić information content (AvgIpc) is 3.30. The van der Waals surface area contributed by atoms with Gasteiger partial charge >= 0.3 is 5.97 Å². The monoisotopic (exact) mass is 603 g/mol. The van der Waals surface area contributed by atoms with E-state index in [2.05, 4.69) is 15.2 Å². The van der Waals surface area contributed by atoms with Crippen LogP contribution < -0.4 is 14.9 Å². The Bertz CT molecular complexity index is 1880. The van der Waals surface area contributed by atoms with E-state index in [9.17, 15) is 18.0 Å². The van der Waals surface area contributed by atoms with Crippen LogP contribution in [0.25, 0.3) is 10.1 Å². The molecule has 8 nitrogen and oxygen atoms in total. The summed E-state index contributed by atoms with van der Waals surface area (Å²) in [5, 5.41) is 5.12. The van der Waals surface area contributed by atoms with Gasteiger partial charge in [0.15, 0.2) is 0 Å². The van der Waals surface area contributed by atoms with E-state index in [1.807, 2.05) is 31.2 Å². The maximum atomic E-state index is 12.7. The number of amides is 1. The Hall–Kier alpha value is -4.51. The number of nitrogens with one attached hydrogen (secondary N) is 2. The number of nitrogens with zero attached hydrogens (tertiary/aromatic N) is 1. The molecule has 5 aromatic rings. The molecular weight excluding hydrogens is 582 g/mol. The van der Waals surface area contributed by atoms with Crippen LogP contribution in [-0.2, 0) is 10.0 Å². The lowest BCUT2D eigenvalue weighted by Crippen LogP contribution is -2.18. The number of hydrazone groups is 1. The number of benzene rings is 4. The van der Waals surface area contributed by atoms with Crippen molar-refractivity contribution in [3.63, 3.8) is 0 Å². The summed E-state index contributed by atoms with van der Waals surface area (Å²) in [5.41, 5.74) is 4.55. The molecule has 0 atom stereocenters. The van der Waals surface area contributed by atoms with Gasteiger partial charge in [-0.3, -0.25) is 9.52 Å². The van der Waals surface area contributed by atoms with Crippen molar-refractivity contribution in [2.75, 3.05) is 4.72 Å². The second kappa shape index (κ2) is 11.9. The Kier molecular flexibility index (Phi) is 8.16. The van der Waals surface area contributed by atoms with E-state index in [1.165, 1.54) is 53.9 Å². The number of hydrogen-bond donors (Lipinski definition) is 2. The standard InChI is InChI=1S/C30H22ClN3O5S2/c1-19-9-15-24(16-10-19)41(37,38)34-22-13-11-21(12-14-22)29(35)33-32-18-20-5-4-6-23(17-20)39-30(36)28-27(31)25-7-2-3-8-26(25)40-28/h2-18,34H,1H3,(H,33,35)/b32-18+. The molecule has 0 aliphatic carbocycles. The van der Waals surface area contributed by atoms with Crippen molar-refractivity contribution in [1.29, 1.82) is 0 Å². The van der Waals surface area contributed by atoms with Crippen molar-refractivity contribution in [1.82, 2.24) is 5.43 Å². The number of ether oxygens (including phenoxy) is 1. The molecule has 5 rings (SSSR count). The summed E-state index contributed by atoms with van der Waals surface area (Å²) < 4.78 is 34.0. The van der Waals surface area contributed by atoms with Gasteiger partial charge in [-0.15, -0.1) is 11.3 Å². The molecule has 1 aromatic heterocycles. The van der Waals surface area contributed by atoms with Crippen molar-refractivity contribution in [2.45, 2.75) is 11.8 Å². The van der Waals surface area contributed by atoms with Gasteiger partial charge in [-0.25, -0.2) is 18.6 Å². The van der Waals surface area contributed by atoms with Crippen LogP contribution in [0.2, 0.25) is 5.02 Å². The van der Waals surface area contributed by atoms with Gasteiger partial charge in [-0.1, -0.05) is 59.6 Å². The van der Waals surface area contributed by atoms with Crippen molar-refractivity contribution < 1.29 is 22.7 Å². The molecule has 41 heavy (non-hydrogen) atoms. The van der Waals surface area contributed by atoms with Crippen LogP contribution in [0.5, 0.6) is 5.75 Å². The first kappa shape index (κ1) is 28.0. The zero-order valence-electron chi connectivity index (χ0n) is 21.5. The molecular formula is C30H22ClN3O5S2. The zero-order chi connectivity index (χ0) is 29.0. The number of aryl methyl sites for hydroxylation is 1. The zero-order valence-corrected chi connectivity index (χ0v) is 23.9. The van der Waals surface area contributed by atoms with Crippen LogP contribution in [0.15, 0.2) is 107 Å². The summed E-state index contributed by atoms with van der Waals surface area (Å²) in [6.07, 6.45) is 1.41. The Morgan fingerprint density at radius 2 is 1.66 bits per heavy atom. The Morgan fingerprint density at radius 3 is 2.39 bits per heavy atom. The highest BCUT2D eigenvalue weighted by Crippen LogP contribution is 2.35. The first-order chi connectivity index (χ1) is 19.7. The quantitative estimate of drug-likeness (QED) is 0.0892. The van der Waals surface area contributed by atoms with E-state index in [1.54, 1.807) is 36.4 Å². The van der Waals surface area contributed by atoms with Gasteiger partial charge in [0.2, 0.25) is 0 Å². The van der Waals surface area contributed by atoms with Crippen LogP contribution >= 0.6 is 22.9 Å². The van der Waals surface area contributed by atoms with Crippen LogP contribution in [0.4, 0.5) is 5.69 Å². The van der Waals surface area contributed by atoms with E-state index >= 15 is 0 Å². The second-order valence-corrected chi connectivity index (χ2v) is 12.0. The minimum Gasteiger partial charge on any atom is -0.422 e. The molecule has 2 N–H and O–H groups in total. The third-order valence-corrected chi connectivity index (χ3v) is 8.95. The number of anilines is 1. The smallest absolute Gasteiger partial charge is 0.355 e. The predicted molar refractivity (Wildman–Crippen MR) is 162 cm³/mol. The minimum atomic E-state index is -3.75. The fourth-order valence-corrected chi connectivity index (χ4v) is 6.25. The third kappa shape index (κ3) is 6.63. The number of carbonyl (C=O) groups excluding carboxylic acids is 2. The van der Waals surface area contributed by atoms with Gasteiger partial charge < -0.3 is 4.74 Å². The molecule has 0 unspecified atom stereocenters. The summed E-state index contributed by atoms with van der Waals surface area (Å²) in [6.45, 7) is 1.87. The lowest BCUT2D eigenvalue weighted by Gasteiger charge is -2.09. The normalized spacial score (nSPS) is 11.5. The Balaban J connectivity index is 1.18. The molecule has 0 radical (unpaired) electrons. The summed E-state index contributed by atoms with van der Waals surface area (Å²) in [7, 11) is -3.75. The fraction of sp³-hybridized carbons (Fsp3) is 0.0333. The van der Waals surface area contributed by atoms with Crippen molar-refractivity contribution >= 4 is 66.8 Å². The molecule has 1 heterocycles. The molecule has 0 saturated carbocycles. The molecule has 0 aliphatic heterocycles. The van der Waals surface area contributed by atoms with Gasteiger partial charge in [-0.2, -0.15) is 5.10 Å². The van der Waals surface area contributed by atoms with Gasteiger partial charge in [0.25, 0.3) is 15.9 Å². The molecule has 0 saturated heterocycles. The minimum absolute atomic E-state index is 0.141. The number of thiophene rings is 1. The van der Waals surface area contributed by atoms with Crippen molar-refractivity contribution in [2.24, 2.45) is 5.10 Å². The van der Waals surface area contributed by atoms with E-state index in [0.717, 1.165) is 15.6 Å². The van der Waals surface area contributed by atoms with Crippen molar-refractivity contribution in [3.8, 4) is 5.75 Å². The number of carbonyl (C=O) groups is 2. The molecule has 206 valence electrons. The molecule has 0 bridgehead atoms. The summed E-state index contributed by atoms with van der Waals surface area (Å²) in [4.78, 5) is 25.7. The highest BCUT2D eigenvalue weighted by atomic mass is 35.5. The molecule has 11 heteroatoms. The number of esters is 1. The highest BCUT2D eigenvalue weighted by Gasteiger charge is 2.19. The summed E-state index contributed by atoms with van der Waals surface area (Å²) in [6, 6.07) is 26.5.